The van der Waals surface area contributed by atoms with Gasteiger partial charge >= 0.3 is 5.97 Å². The van der Waals surface area contributed by atoms with Crippen LogP contribution in [0.25, 0.3) is 0 Å². The summed E-state index contributed by atoms with van der Waals surface area (Å²) in [7, 11) is 3.52. The molecule has 5 nitrogen and oxygen atoms in total. The summed E-state index contributed by atoms with van der Waals surface area (Å²) in [6.45, 7) is 4.99. The predicted molar refractivity (Wildman–Crippen MR) is 74.4 cm³/mol. The lowest BCUT2D eigenvalue weighted by molar-refractivity contribution is -0.138. The van der Waals surface area contributed by atoms with Crippen molar-refractivity contribution >= 4 is 5.97 Å². The molecule has 0 fully saturated rings. The molecule has 0 aliphatic rings. The number of carbonyl (C=O) groups is 1. The number of nitrogens with zero attached hydrogens (tertiary/aromatic N) is 1. The maximum Gasteiger partial charge on any atom is 0.321 e. The monoisotopic (exact) mass is 266 g/mol. The minimum atomic E-state index is -0.977. The summed E-state index contributed by atoms with van der Waals surface area (Å²) in [5.41, 5.74) is 8.87. The van der Waals surface area contributed by atoms with Crippen LogP contribution >= 0.6 is 0 Å². The lowest BCUT2D eigenvalue weighted by Gasteiger charge is -2.21. The number of aliphatic carboxylic acids is 1. The number of hydrogen-bond donors (Lipinski definition) is 2. The average molecular weight is 266 g/mol. The van der Waals surface area contributed by atoms with Gasteiger partial charge in [0.1, 0.15) is 11.8 Å². The van der Waals surface area contributed by atoms with Gasteiger partial charge in [0.2, 0.25) is 0 Å². The first-order valence-corrected chi connectivity index (χ1v) is 6.16. The van der Waals surface area contributed by atoms with Crippen LogP contribution in [0.4, 0.5) is 0 Å². The van der Waals surface area contributed by atoms with Gasteiger partial charge in [-0.3, -0.25) is 9.69 Å². The summed E-state index contributed by atoms with van der Waals surface area (Å²) in [5.74, 6) is -0.111. The van der Waals surface area contributed by atoms with Crippen LogP contribution in [0.1, 0.15) is 16.7 Å². The second-order valence-corrected chi connectivity index (χ2v) is 4.89. The minimum absolute atomic E-state index is 0.319. The quantitative estimate of drug-likeness (QED) is 0.808. The minimum Gasteiger partial charge on any atom is -0.496 e. The first-order chi connectivity index (χ1) is 8.85. The molecule has 0 aliphatic heterocycles. The molecule has 0 saturated carbocycles. The Kier molecular flexibility index (Phi) is 5.32. The molecule has 0 aliphatic carbocycles. The van der Waals surface area contributed by atoms with Crippen molar-refractivity contribution < 1.29 is 14.6 Å². The molecule has 1 aromatic carbocycles. The molecule has 3 N–H and O–H groups in total. The lowest BCUT2D eigenvalue weighted by atomic mass is 10.0. The zero-order chi connectivity index (χ0) is 14.6. The number of aryl methyl sites for hydroxylation is 2. The molecule has 0 radical (unpaired) electrons. The molecule has 106 valence electrons. The Morgan fingerprint density at radius 3 is 2.58 bits per heavy atom. The lowest BCUT2D eigenvalue weighted by Crippen LogP contribution is -2.40. The normalized spacial score (nSPS) is 12.5. The smallest absolute Gasteiger partial charge is 0.321 e. The maximum absolute atomic E-state index is 10.7. The van der Waals surface area contributed by atoms with E-state index in [4.69, 9.17) is 15.6 Å². The van der Waals surface area contributed by atoms with E-state index in [1.54, 1.807) is 7.11 Å². The number of methoxy groups -OCH3 is 1. The fourth-order valence-electron chi connectivity index (χ4n) is 2.01. The van der Waals surface area contributed by atoms with Crippen LogP contribution in [-0.2, 0) is 11.3 Å². The van der Waals surface area contributed by atoms with Gasteiger partial charge in [0.05, 0.1) is 7.11 Å². The molecular formula is C14H22N2O3. The van der Waals surface area contributed by atoms with E-state index in [-0.39, 0.29) is 0 Å². The highest BCUT2D eigenvalue weighted by Gasteiger charge is 2.15. The van der Waals surface area contributed by atoms with E-state index >= 15 is 0 Å². The number of nitrogens with two attached hydrogens (primary N) is 1. The van der Waals surface area contributed by atoms with Crippen LogP contribution in [0.2, 0.25) is 0 Å². The molecule has 0 heterocycles. The Bertz CT molecular complexity index is 460. The number of ether oxygens (including phenoxy) is 1. The molecule has 1 unspecified atom stereocenters. The Hall–Kier alpha value is -1.59. The summed E-state index contributed by atoms with van der Waals surface area (Å²) in [6.07, 6.45) is 0. The molecule has 0 aromatic heterocycles. The fourth-order valence-corrected chi connectivity index (χ4v) is 2.01. The molecule has 0 bridgehead atoms. The standard InChI is InChI=1S/C14H22N2O3/c1-9-6-13(19-4)10(2)5-11(9)7-16(3)8-12(15)14(17)18/h5-6,12H,7-8,15H2,1-4H3,(H,17,18). The number of rotatable bonds is 6. The van der Waals surface area contributed by atoms with E-state index in [0.717, 1.165) is 22.4 Å². The van der Waals surface area contributed by atoms with Crippen molar-refractivity contribution in [3.63, 3.8) is 0 Å². The fraction of sp³-hybridized carbons (Fsp3) is 0.500. The van der Waals surface area contributed by atoms with Crippen molar-refractivity contribution in [3.8, 4) is 5.75 Å². The highest BCUT2D eigenvalue weighted by molar-refractivity contribution is 5.73. The second-order valence-electron chi connectivity index (χ2n) is 4.89. The van der Waals surface area contributed by atoms with Gasteiger partial charge in [0.15, 0.2) is 0 Å². The van der Waals surface area contributed by atoms with E-state index in [0.29, 0.717) is 13.1 Å². The number of carboxylic acids is 1. The summed E-state index contributed by atoms with van der Waals surface area (Å²) in [6, 6.07) is 3.21. The van der Waals surface area contributed by atoms with Gasteiger partial charge in [-0.05, 0) is 43.7 Å². The third-order valence-corrected chi connectivity index (χ3v) is 3.12. The zero-order valence-corrected chi connectivity index (χ0v) is 11.9. The topological polar surface area (TPSA) is 75.8 Å². The Balaban J connectivity index is 2.77. The molecule has 0 amide bonds. The van der Waals surface area contributed by atoms with Gasteiger partial charge in [0.25, 0.3) is 0 Å². The van der Waals surface area contributed by atoms with Gasteiger partial charge in [-0.1, -0.05) is 6.07 Å². The highest BCUT2D eigenvalue weighted by Crippen LogP contribution is 2.23. The third-order valence-electron chi connectivity index (χ3n) is 3.12. The summed E-state index contributed by atoms with van der Waals surface area (Å²) in [4.78, 5) is 12.6. The molecule has 1 rings (SSSR count). The van der Waals surface area contributed by atoms with E-state index in [2.05, 4.69) is 6.07 Å². The van der Waals surface area contributed by atoms with Crippen LogP contribution in [0.3, 0.4) is 0 Å². The largest absolute Gasteiger partial charge is 0.496 e. The van der Waals surface area contributed by atoms with Crippen molar-refractivity contribution in [2.75, 3.05) is 20.7 Å². The summed E-state index contributed by atoms with van der Waals surface area (Å²) < 4.78 is 5.27. The first-order valence-electron chi connectivity index (χ1n) is 6.16. The molecule has 5 heteroatoms. The van der Waals surface area contributed by atoms with E-state index in [1.165, 1.54) is 0 Å². The van der Waals surface area contributed by atoms with Gasteiger partial charge in [0, 0.05) is 13.1 Å². The molecular weight excluding hydrogens is 244 g/mol. The van der Waals surface area contributed by atoms with Gasteiger partial charge < -0.3 is 15.6 Å². The summed E-state index contributed by atoms with van der Waals surface area (Å²) >= 11 is 0. The van der Waals surface area contributed by atoms with Crippen LogP contribution in [-0.4, -0.2) is 42.7 Å². The van der Waals surface area contributed by atoms with Crippen LogP contribution in [0.15, 0.2) is 12.1 Å². The Morgan fingerprint density at radius 2 is 2.05 bits per heavy atom. The maximum atomic E-state index is 10.7. The van der Waals surface area contributed by atoms with Crippen LogP contribution < -0.4 is 10.5 Å². The number of carboxylic acid groups (broad SMARTS) is 1. The van der Waals surface area contributed by atoms with Crippen LogP contribution in [0.5, 0.6) is 5.75 Å². The van der Waals surface area contributed by atoms with Crippen molar-refractivity contribution in [3.05, 3.63) is 28.8 Å². The van der Waals surface area contributed by atoms with Crippen molar-refractivity contribution in [2.45, 2.75) is 26.4 Å². The van der Waals surface area contributed by atoms with Crippen LogP contribution in [0, 0.1) is 13.8 Å². The highest BCUT2D eigenvalue weighted by atomic mass is 16.5. The van der Waals surface area contributed by atoms with E-state index in [9.17, 15) is 4.79 Å². The van der Waals surface area contributed by atoms with Gasteiger partial charge in [-0.2, -0.15) is 0 Å². The molecule has 1 atom stereocenters. The zero-order valence-electron chi connectivity index (χ0n) is 11.9. The molecule has 0 spiro atoms. The van der Waals surface area contributed by atoms with Gasteiger partial charge in [-0.15, -0.1) is 0 Å². The van der Waals surface area contributed by atoms with Crippen molar-refractivity contribution in [1.82, 2.24) is 4.90 Å². The predicted octanol–water partition coefficient (Wildman–Crippen LogP) is 1.16. The SMILES string of the molecule is COc1cc(C)c(CN(C)CC(N)C(=O)O)cc1C. The van der Waals surface area contributed by atoms with E-state index in [1.807, 2.05) is 31.9 Å². The molecule has 1 aromatic rings. The second kappa shape index (κ2) is 6.54. The van der Waals surface area contributed by atoms with Crippen molar-refractivity contribution in [1.29, 1.82) is 0 Å². The Morgan fingerprint density at radius 1 is 1.42 bits per heavy atom. The van der Waals surface area contributed by atoms with Crippen molar-refractivity contribution in [2.24, 2.45) is 5.73 Å². The average Bonchev–Trinajstić information content (AvgIpc) is 2.33. The number of likely N-dealkylation sites (N-methyl/N-ethyl adjacent to an activating group) is 1. The number of benzene rings is 1. The number of hydrogen-bond acceptors (Lipinski definition) is 4. The third kappa shape index (κ3) is 4.22. The first kappa shape index (κ1) is 15.5. The van der Waals surface area contributed by atoms with E-state index < -0.39 is 12.0 Å². The summed E-state index contributed by atoms with van der Waals surface area (Å²) in [5, 5.41) is 8.80. The Labute approximate surface area is 114 Å². The van der Waals surface area contributed by atoms with Gasteiger partial charge in [-0.25, -0.2) is 0 Å². The molecule has 0 saturated heterocycles. The molecule has 19 heavy (non-hydrogen) atoms.